The van der Waals surface area contributed by atoms with E-state index in [0.717, 1.165) is 11.3 Å². The first-order valence-electron chi connectivity index (χ1n) is 10.1. The monoisotopic (exact) mass is 413 g/mol. The molecule has 0 fully saturated rings. The number of para-hydroxylation sites is 1. The first kappa shape index (κ1) is 20.3. The summed E-state index contributed by atoms with van der Waals surface area (Å²) in [6, 6.07) is 24.4. The van der Waals surface area contributed by atoms with Gasteiger partial charge in [0, 0.05) is 25.6 Å². The van der Waals surface area contributed by atoms with Crippen LogP contribution < -0.4 is 15.6 Å². The molecular weight excluding hydrogens is 390 g/mol. The summed E-state index contributed by atoms with van der Waals surface area (Å²) in [6.07, 6.45) is 0.603. The summed E-state index contributed by atoms with van der Waals surface area (Å²) in [5.74, 6) is 1.18. The van der Waals surface area contributed by atoms with Gasteiger partial charge in [0.25, 0.3) is 5.56 Å². The zero-order chi connectivity index (χ0) is 21.6. The largest absolute Gasteiger partial charge is 0.489 e. The van der Waals surface area contributed by atoms with Gasteiger partial charge in [-0.3, -0.25) is 14.2 Å². The standard InChI is InChI=1S/C25H23N3O3/c1-28-23(27-22-10-6-5-9-21(22)25(28)30)15-16-24(29)26-19-11-13-20(14-12-19)31-17-18-7-3-2-4-8-18/h2-14H,15-17H2,1H3,(H,26,29). The first-order chi connectivity index (χ1) is 15.1. The first-order valence-corrected chi connectivity index (χ1v) is 10.1. The number of carbonyl (C=O) groups excluding carboxylic acids is 1. The van der Waals surface area contributed by atoms with E-state index in [2.05, 4.69) is 10.3 Å². The molecule has 0 spiro atoms. The van der Waals surface area contributed by atoms with Crippen LogP contribution in [0.1, 0.15) is 17.8 Å². The number of fused-ring (bicyclic) bond motifs is 1. The van der Waals surface area contributed by atoms with E-state index in [9.17, 15) is 9.59 Å². The Morgan fingerprint density at radius 2 is 1.68 bits per heavy atom. The van der Waals surface area contributed by atoms with Crippen LogP contribution in [0.25, 0.3) is 10.9 Å². The Balaban J connectivity index is 1.33. The molecule has 4 rings (SSSR count). The van der Waals surface area contributed by atoms with E-state index in [4.69, 9.17) is 4.74 Å². The van der Waals surface area contributed by atoms with E-state index in [0.29, 0.717) is 35.4 Å². The number of carbonyl (C=O) groups is 1. The number of benzene rings is 3. The van der Waals surface area contributed by atoms with Gasteiger partial charge in [0.05, 0.1) is 10.9 Å². The second kappa shape index (κ2) is 9.26. The van der Waals surface area contributed by atoms with Gasteiger partial charge >= 0.3 is 0 Å². The third kappa shape index (κ3) is 4.98. The maximum Gasteiger partial charge on any atom is 0.261 e. The number of anilines is 1. The molecule has 0 bridgehead atoms. The average molecular weight is 413 g/mol. The van der Waals surface area contributed by atoms with E-state index in [-0.39, 0.29) is 17.9 Å². The number of rotatable bonds is 7. The molecule has 1 heterocycles. The normalized spacial score (nSPS) is 10.7. The molecule has 0 aliphatic carbocycles. The predicted octanol–water partition coefficient (Wildman–Crippen LogP) is 4.08. The molecule has 31 heavy (non-hydrogen) atoms. The highest BCUT2D eigenvalue weighted by atomic mass is 16.5. The fourth-order valence-corrected chi connectivity index (χ4v) is 3.31. The molecule has 0 aliphatic heterocycles. The molecule has 0 aliphatic rings. The molecule has 4 aromatic rings. The molecule has 1 N–H and O–H groups in total. The number of hydrogen-bond acceptors (Lipinski definition) is 4. The van der Waals surface area contributed by atoms with E-state index < -0.39 is 0 Å². The summed E-state index contributed by atoms with van der Waals surface area (Å²) >= 11 is 0. The lowest BCUT2D eigenvalue weighted by Crippen LogP contribution is -2.23. The third-order valence-electron chi connectivity index (χ3n) is 5.04. The van der Waals surface area contributed by atoms with Crippen LogP contribution in [0.4, 0.5) is 5.69 Å². The molecule has 6 nitrogen and oxygen atoms in total. The molecule has 0 unspecified atom stereocenters. The van der Waals surface area contributed by atoms with Gasteiger partial charge in [0.2, 0.25) is 5.91 Å². The van der Waals surface area contributed by atoms with Crippen LogP contribution in [-0.4, -0.2) is 15.5 Å². The highest BCUT2D eigenvalue weighted by molar-refractivity contribution is 5.90. The summed E-state index contributed by atoms with van der Waals surface area (Å²) in [6.45, 7) is 0.490. The molecule has 156 valence electrons. The van der Waals surface area contributed by atoms with Crippen molar-refractivity contribution >= 4 is 22.5 Å². The lowest BCUT2D eigenvalue weighted by molar-refractivity contribution is -0.116. The third-order valence-corrected chi connectivity index (χ3v) is 5.04. The lowest BCUT2D eigenvalue weighted by Gasteiger charge is -2.10. The number of hydrogen-bond donors (Lipinski definition) is 1. The van der Waals surface area contributed by atoms with Gasteiger partial charge in [-0.05, 0) is 42.0 Å². The topological polar surface area (TPSA) is 73.2 Å². The van der Waals surface area contributed by atoms with Crippen molar-refractivity contribution in [2.75, 3.05) is 5.32 Å². The quantitative estimate of drug-likeness (QED) is 0.495. The zero-order valence-electron chi connectivity index (χ0n) is 17.2. The number of aryl methyl sites for hydroxylation is 1. The van der Waals surface area contributed by atoms with Crippen LogP contribution >= 0.6 is 0 Å². The molecule has 6 heteroatoms. The smallest absolute Gasteiger partial charge is 0.261 e. The van der Waals surface area contributed by atoms with Gasteiger partial charge < -0.3 is 10.1 Å². The Morgan fingerprint density at radius 3 is 2.45 bits per heavy atom. The van der Waals surface area contributed by atoms with Gasteiger partial charge in [0.1, 0.15) is 18.2 Å². The molecule has 0 saturated heterocycles. The van der Waals surface area contributed by atoms with Gasteiger partial charge in [-0.2, -0.15) is 0 Å². The Bertz CT molecular complexity index is 1250. The Hall–Kier alpha value is -3.93. The number of aromatic nitrogens is 2. The maximum atomic E-state index is 12.5. The van der Waals surface area contributed by atoms with E-state index in [1.807, 2.05) is 72.8 Å². The second-order valence-corrected chi connectivity index (χ2v) is 7.26. The number of ether oxygens (including phenoxy) is 1. The molecule has 0 radical (unpaired) electrons. The molecule has 0 saturated carbocycles. The van der Waals surface area contributed by atoms with E-state index in [1.165, 1.54) is 4.57 Å². The molecule has 1 amide bonds. The average Bonchev–Trinajstić information content (AvgIpc) is 2.81. The van der Waals surface area contributed by atoms with E-state index >= 15 is 0 Å². The Morgan fingerprint density at radius 1 is 0.968 bits per heavy atom. The van der Waals surface area contributed by atoms with Crippen molar-refractivity contribution in [2.45, 2.75) is 19.4 Å². The van der Waals surface area contributed by atoms with Crippen LogP contribution in [0.15, 0.2) is 83.7 Å². The van der Waals surface area contributed by atoms with Crippen LogP contribution in [0.5, 0.6) is 5.75 Å². The SMILES string of the molecule is Cn1c(CCC(=O)Nc2ccc(OCc3ccccc3)cc2)nc2ccccc2c1=O. The molecular formula is C25H23N3O3. The number of nitrogens with zero attached hydrogens (tertiary/aromatic N) is 2. The zero-order valence-corrected chi connectivity index (χ0v) is 17.2. The minimum Gasteiger partial charge on any atom is -0.489 e. The molecule has 3 aromatic carbocycles. The van der Waals surface area contributed by atoms with Gasteiger partial charge in [-0.25, -0.2) is 4.98 Å². The van der Waals surface area contributed by atoms with Crippen molar-refractivity contribution in [3.63, 3.8) is 0 Å². The van der Waals surface area contributed by atoms with Crippen molar-refractivity contribution in [3.8, 4) is 5.75 Å². The van der Waals surface area contributed by atoms with E-state index in [1.54, 1.807) is 13.1 Å². The fourth-order valence-electron chi connectivity index (χ4n) is 3.31. The summed E-state index contributed by atoms with van der Waals surface area (Å²) < 4.78 is 7.27. The Kier molecular flexibility index (Phi) is 6.08. The minimum absolute atomic E-state index is 0.105. The van der Waals surface area contributed by atoms with Gasteiger partial charge in [-0.15, -0.1) is 0 Å². The Labute approximate surface area is 180 Å². The van der Waals surface area contributed by atoms with Crippen molar-refractivity contribution in [3.05, 3.63) is 101 Å². The van der Waals surface area contributed by atoms with Crippen molar-refractivity contribution in [2.24, 2.45) is 7.05 Å². The van der Waals surface area contributed by atoms with Crippen molar-refractivity contribution in [1.29, 1.82) is 0 Å². The summed E-state index contributed by atoms with van der Waals surface area (Å²) in [5.41, 5.74) is 2.33. The second-order valence-electron chi connectivity index (χ2n) is 7.26. The molecule has 0 atom stereocenters. The summed E-state index contributed by atoms with van der Waals surface area (Å²) in [7, 11) is 1.68. The summed E-state index contributed by atoms with van der Waals surface area (Å²) in [5, 5.41) is 3.45. The maximum absolute atomic E-state index is 12.5. The van der Waals surface area contributed by atoms with Gasteiger partial charge in [0.15, 0.2) is 0 Å². The minimum atomic E-state index is -0.139. The highest BCUT2D eigenvalue weighted by Crippen LogP contribution is 2.17. The van der Waals surface area contributed by atoms with Crippen molar-refractivity contribution in [1.82, 2.24) is 9.55 Å². The predicted molar refractivity (Wildman–Crippen MR) is 121 cm³/mol. The van der Waals surface area contributed by atoms with Gasteiger partial charge in [-0.1, -0.05) is 42.5 Å². The van der Waals surface area contributed by atoms with Crippen LogP contribution in [0.2, 0.25) is 0 Å². The van der Waals surface area contributed by atoms with Crippen LogP contribution in [0, 0.1) is 0 Å². The van der Waals surface area contributed by atoms with Crippen LogP contribution in [-0.2, 0) is 24.9 Å². The molecule has 1 aromatic heterocycles. The lowest BCUT2D eigenvalue weighted by atomic mass is 10.2. The number of amides is 1. The highest BCUT2D eigenvalue weighted by Gasteiger charge is 2.10. The van der Waals surface area contributed by atoms with Crippen molar-refractivity contribution < 1.29 is 9.53 Å². The number of nitrogens with one attached hydrogen (secondary N) is 1. The van der Waals surface area contributed by atoms with Crippen LogP contribution in [0.3, 0.4) is 0 Å². The fraction of sp³-hybridized carbons (Fsp3) is 0.160. The summed E-state index contributed by atoms with van der Waals surface area (Å²) in [4.78, 5) is 29.4.